The van der Waals surface area contributed by atoms with Crippen LogP contribution in [0.15, 0.2) is 24.3 Å². The normalized spacial score (nSPS) is 11.4. The summed E-state index contributed by atoms with van der Waals surface area (Å²) in [6.45, 7) is 4.76. The predicted molar refractivity (Wildman–Crippen MR) is 63.3 cm³/mol. The molecule has 18 heavy (non-hydrogen) atoms. The van der Waals surface area contributed by atoms with Gasteiger partial charge < -0.3 is 4.90 Å². The monoisotopic (exact) mass is 259 g/mol. The lowest BCUT2D eigenvalue weighted by Crippen LogP contribution is -2.31. The van der Waals surface area contributed by atoms with Crippen LogP contribution < -0.4 is 0 Å². The van der Waals surface area contributed by atoms with Gasteiger partial charge in [-0.25, -0.2) is 0 Å². The minimum Gasteiger partial charge on any atom is -0.339 e. The van der Waals surface area contributed by atoms with Crippen LogP contribution in [0.1, 0.15) is 36.2 Å². The lowest BCUT2D eigenvalue weighted by atomic mass is 10.1. The van der Waals surface area contributed by atoms with Gasteiger partial charge >= 0.3 is 6.18 Å². The first-order valence-corrected chi connectivity index (χ1v) is 5.86. The second-order valence-electron chi connectivity index (χ2n) is 3.96. The van der Waals surface area contributed by atoms with Crippen molar-refractivity contribution >= 4 is 5.91 Å². The summed E-state index contributed by atoms with van der Waals surface area (Å²) in [6, 6.07) is 4.54. The number of alkyl halides is 3. The molecule has 0 saturated heterocycles. The van der Waals surface area contributed by atoms with Crippen LogP contribution in [0.4, 0.5) is 13.2 Å². The second-order valence-corrected chi connectivity index (χ2v) is 3.96. The number of hydrogen-bond acceptors (Lipinski definition) is 1. The minimum atomic E-state index is -4.42. The number of halogens is 3. The van der Waals surface area contributed by atoms with Gasteiger partial charge in [0.1, 0.15) is 0 Å². The molecule has 0 aromatic heterocycles. The highest BCUT2D eigenvalue weighted by Gasteiger charge is 2.31. The van der Waals surface area contributed by atoms with Crippen LogP contribution in [0.3, 0.4) is 0 Å². The van der Waals surface area contributed by atoms with Crippen molar-refractivity contribution in [1.82, 2.24) is 4.90 Å². The number of benzene rings is 1. The molecule has 0 bridgehead atoms. The van der Waals surface area contributed by atoms with Crippen LogP contribution in [0.25, 0.3) is 0 Å². The molecule has 0 spiro atoms. The van der Waals surface area contributed by atoms with Crippen LogP contribution in [-0.4, -0.2) is 23.9 Å². The van der Waals surface area contributed by atoms with Crippen LogP contribution in [0.2, 0.25) is 0 Å². The lowest BCUT2D eigenvalue weighted by Gasteiger charge is -2.20. The van der Waals surface area contributed by atoms with Crippen molar-refractivity contribution in [3.05, 3.63) is 35.4 Å². The molecule has 0 aliphatic heterocycles. The molecule has 0 radical (unpaired) electrons. The van der Waals surface area contributed by atoms with Crippen LogP contribution in [0.5, 0.6) is 0 Å². The van der Waals surface area contributed by atoms with E-state index in [-0.39, 0.29) is 11.5 Å². The molecule has 0 atom stereocenters. The van der Waals surface area contributed by atoms with Crippen molar-refractivity contribution in [2.45, 2.75) is 26.4 Å². The summed E-state index contributed by atoms with van der Waals surface area (Å²) in [6.07, 6.45) is -3.64. The molecular weight excluding hydrogens is 243 g/mol. The Labute approximate surface area is 104 Å². The fourth-order valence-corrected chi connectivity index (χ4v) is 1.68. The van der Waals surface area contributed by atoms with E-state index in [0.717, 1.165) is 18.6 Å². The van der Waals surface area contributed by atoms with Gasteiger partial charge in [-0.1, -0.05) is 13.0 Å². The summed E-state index contributed by atoms with van der Waals surface area (Å²) in [5.41, 5.74) is -0.707. The molecule has 1 aromatic rings. The first-order chi connectivity index (χ1) is 8.40. The highest BCUT2D eigenvalue weighted by Crippen LogP contribution is 2.29. The average Bonchev–Trinajstić information content (AvgIpc) is 2.34. The van der Waals surface area contributed by atoms with Gasteiger partial charge in [-0.2, -0.15) is 13.2 Å². The Morgan fingerprint density at radius 3 is 2.44 bits per heavy atom. The number of nitrogens with zero attached hydrogens (tertiary/aromatic N) is 1. The molecule has 0 saturated carbocycles. The molecule has 5 heteroatoms. The fourth-order valence-electron chi connectivity index (χ4n) is 1.68. The van der Waals surface area contributed by atoms with E-state index < -0.39 is 11.7 Å². The largest absolute Gasteiger partial charge is 0.416 e. The van der Waals surface area contributed by atoms with Gasteiger partial charge in [-0.15, -0.1) is 0 Å². The number of carbonyl (C=O) groups excluding carboxylic acids is 1. The van der Waals surface area contributed by atoms with E-state index in [9.17, 15) is 18.0 Å². The average molecular weight is 259 g/mol. The summed E-state index contributed by atoms with van der Waals surface area (Å²) in [7, 11) is 0. The van der Waals surface area contributed by atoms with E-state index in [1.165, 1.54) is 17.0 Å². The summed E-state index contributed by atoms with van der Waals surface area (Å²) < 4.78 is 37.6. The maximum absolute atomic E-state index is 12.5. The second kappa shape index (κ2) is 5.89. The number of amides is 1. The van der Waals surface area contributed by atoms with Crippen LogP contribution in [0, 0.1) is 0 Å². The number of hydrogen-bond donors (Lipinski definition) is 0. The third-order valence-corrected chi connectivity index (χ3v) is 2.60. The first kappa shape index (κ1) is 14.5. The zero-order valence-corrected chi connectivity index (χ0v) is 10.4. The van der Waals surface area contributed by atoms with Crippen molar-refractivity contribution < 1.29 is 18.0 Å². The van der Waals surface area contributed by atoms with Crippen molar-refractivity contribution in [1.29, 1.82) is 0 Å². The summed E-state index contributed by atoms with van der Waals surface area (Å²) in [5, 5.41) is 0. The summed E-state index contributed by atoms with van der Waals surface area (Å²) >= 11 is 0. The molecule has 0 aliphatic carbocycles. The molecule has 2 nitrogen and oxygen atoms in total. The van der Waals surface area contributed by atoms with Gasteiger partial charge in [-0.3, -0.25) is 4.79 Å². The molecule has 1 rings (SSSR count). The fraction of sp³-hybridized carbons (Fsp3) is 0.462. The van der Waals surface area contributed by atoms with Gasteiger partial charge in [0.2, 0.25) is 0 Å². The predicted octanol–water partition coefficient (Wildman–Crippen LogP) is 3.58. The topological polar surface area (TPSA) is 20.3 Å². The summed E-state index contributed by atoms with van der Waals surface area (Å²) in [4.78, 5) is 13.5. The molecule has 0 aliphatic rings. The molecule has 1 aromatic carbocycles. The van der Waals surface area contributed by atoms with E-state index in [1.54, 1.807) is 6.92 Å². The van der Waals surface area contributed by atoms with Gasteiger partial charge in [0.15, 0.2) is 0 Å². The van der Waals surface area contributed by atoms with E-state index in [1.807, 2.05) is 6.92 Å². The Bertz CT molecular complexity index is 415. The minimum absolute atomic E-state index is 0.0834. The molecule has 0 heterocycles. The van der Waals surface area contributed by atoms with Crippen molar-refractivity contribution in [3.63, 3.8) is 0 Å². The standard InChI is InChI=1S/C13H16F3NO/c1-3-8-17(4-2)12(18)10-6-5-7-11(9-10)13(14,15)16/h5-7,9H,3-4,8H2,1-2H3. The third-order valence-electron chi connectivity index (χ3n) is 2.60. The zero-order valence-electron chi connectivity index (χ0n) is 10.4. The van der Waals surface area contributed by atoms with E-state index in [4.69, 9.17) is 0 Å². The maximum atomic E-state index is 12.5. The maximum Gasteiger partial charge on any atom is 0.416 e. The Balaban J connectivity index is 2.99. The quantitative estimate of drug-likeness (QED) is 0.809. The molecule has 0 unspecified atom stereocenters. The highest BCUT2D eigenvalue weighted by atomic mass is 19.4. The number of carbonyl (C=O) groups is 1. The van der Waals surface area contributed by atoms with Gasteiger partial charge in [0.05, 0.1) is 5.56 Å². The van der Waals surface area contributed by atoms with E-state index >= 15 is 0 Å². The zero-order chi connectivity index (χ0) is 13.8. The Hall–Kier alpha value is -1.52. The van der Waals surface area contributed by atoms with Crippen LogP contribution >= 0.6 is 0 Å². The molecule has 0 fully saturated rings. The highest BCUT2D eigenvalue weighted by molar-refractivity contribution is 5.94. The Kier molecular flexibility index (Phi) is 4.76. The van der Waals surface area contributed by atoms with Crippen LogP contribution in [-0.2, 0) is 6.18 Å². The van der Waals surface area contributed by atoms with Gasteiger partial charge in [-0.05, 0) is 31.5 Å². The van der Waals surface area contributed by atoms with Gasteiger partial charge in [0, 0.05) is 18.7 Å². The molecule has 100 valence electrons. The smallest absolute Gasteiger partial charge is 0.339 e. The summed E-state index contributed by atoms with van der Waals surface area (Å²) in [5.74, 6) is -0.356. The van der Waals surface area contributed by atoms with Crippen molar-refractivity contribution in [3.8, 4) is 0 Å². The Morgan fingerprint density at radius 1 is 1.28 bits per heavy atom. The SMILES string of the molecule is CCCN(CC)C(=O)c1cccc(C(F)(F)F)c1. The van der Waals surface area contributed by atoms with Crippen molar-refractivity contribution in [2.75, 3.05) is 13.1 Å². The van der Waals surface area contributed by atoms with Gasteiger partial charge in [0.25, 0.3) is 5.91 Å². The lowest BCUT2D eigenvalue weighted by molar-refractivity contribution is -0.137. The third kappa shape index (κ3) is 3.48. The van der Waals surface area contributed by atoms with E-state index in [2.05, 4.69) is 0 Å². The van der Waals surface area contributed by atoms with E-state index in [0.29, 0.717) is 13.1 Å². The molecule has 1 amide bonds. The number of rotatable bonds is 4. The Morgan fingerprint density at radius 2 is 1.94 bits per heavy atom. The van der Waals surface area contributed by atoms with Crippen molar-refractivity contribution in [2.24, 2.45) is 0 Å². The first-order valence-electron chi connectivity index (χ1n) is 5.86. The molecule has 0 N–H and O–H groups in total. The molecular formula is C13H16F3NO.